The van der Waals surface area contributed by atoms with E-state index in [2.05, 4.69) is 30.1 Å². The van der Waals surface area contributed by atoms with Gasteiger partial charge in [-0.25, -0.2) is 4.99 Å². The molecule has 2 aromatic rings. The quantitative estimate of drug-likeness (QED) is 0.157. The minimum atomic E-state index is 0.207. The molecule has 0 saturated heterocycles. The number of ether oxygens (including phenoxy) is 1. The van der Waals surface area contributed by atoms with Gasteiger partial charge in [0.25, 0.3) is 0 Å². The molecule has 4 nitrogen and oxygen atoms in total. The average Bonchev–Trinajstić information content (AvgIpc) is 2.81. The molecular formula is C28H36N2O2. The van der Waals surface area contributed by atoms with Crippen LogP contribution >= 0.6 is 0 Å². The molecule has 0 bridgehead atoms. The molecule has 0 unspecified atom stereocenters. The fraction of sp³-hybridized carbons (Fsp3) is 0.357. The monoisotopic (exact) mass is 432 g/mol. The molecule has 2 aromatic carbocycles. The number of aliphatic hydroxyl groups excluding tert-OH is 1. The Hall–Kier alpha value is -3.14. The van der Waals surface area contributed by atoms with E-state index in [9.17, 15) is 5.11 Å². The van der Waals surface area contributed by atoms with Crippen LogP contribution in [0.25, 0.3) is 5.57 Å². The van der Waals surface area contributed by atoms with Crippen LogP contribution in [-0.4, -0.2) is 30.8 Å². The highest BCUT2D eigenvalue weighted by molar-refractivity contribution is 6.15. The van der Waals surface area contributed by atoms with Crippen molar-refractivity contribution in [1.82, 2.24) is 0 Å². The predicted molar refractivity (Wildman–Crippen MR) is 137 cm³/mol. The van der Waals surface area contributed by atoms with E-state index in [-0.39, 0.29) is 5.76 Å². The van der Waals surface area contributed by atoms with Crippen LogP contribution < -0.4 is 4.74 Å². The molecule has 0 radical (unpaired) electrons. The van der Waals surface area contributed by atoms with E-state index < -0.39 is 0 Å². The smallest absolute Gasteiger partial charge is 0.154 e. The van der Waals surface area contributed by atoms with Crippen molar-refractivity contribution in [2.75, 3.05) is 13.7 Å². The largest absolute Gasteiger partial charge is 0.513 e. The molecule has 0 aliphatic heterocycles. The van der Waals surface area contributed by atoms with E-state index in [4.69, 9.17) is 4.74 Å². The zero-order chi connectivity index (χ0) is 23.2. The number of hydrogen-bond acceptors (Lipinski definition) is 3. The van der Waals surface area contributed by atoms with Gasteiger partial charge < -0.3 is 9.84 Å². The average molecular weight is 433 g/mol. The SMILES string of the molecule is C=C(O)CCc1ccc(C(=C)/C=N\C(=N/C)c2ccc(OCCCCCCC)cc2)cc1. The first kappa shape index (κ1) is 25.1. The molecule has 0 heterocycles. The van der Waals surface area contributed by atoms with Gasteiger partial charge in [-0.05, 0) is 53.8 Å². The van der Waals surface area contributed by atoms with Crippen LogP contribution in [0.5, 0.6) is 5.75 Å². The van der Waals surface area contributed by atoms with Crippen LogP contribution in [0.3, 0.4) is 0 Å². The summed E-state index contributed by atoms with van der Waals surface area (Å²) < 4.78 is 5.84. The number of aliphatic hydroxyl groups is 1. The van der Waals surface area contributed by atoms with Crippen molar-refractivity contribution in [3.8, 4) is 5.75 Å². The lowest BCUT2D eigenvalue weighted by Crippen LogP contribution is -2.00. The molecule has 170 valence electrons. The Morgan fingerprint density at radius 1 is 0.938 bits per heavy atom. The van der Waals surface area contributed by atoms with Crippen molar-refractivity contribution in [1.29, 1.82) is 0 Å². The Morgan fingerprint density at radius 2 is 1.59 bits per heavy atom. The van der Waals surface area contributed by atoms with Gasteiger partial charge in [0, 0.05) is 25.2 Å². The lowest BCUT2D eigenvalue weighted by molar-refractivity contribution is 0.304. The maximum Gasteiger partial charge on any atom is 0.154 e. The Bertz CT molecular complexity index is 909. The predicted octanol–water partition coefficient (Wildman–Crippen LogP) is 7.20. The second-order valence-corrected chi connectivity index (χ2v) is 7.88. The highest BCUT2D eigenvalue weighted by Crippen LogP contribution is 2.16. The van der Waals surface area contributed by atoms with Gasteiger partial charge in [-0.2, -0.15) is 0 Å². The summed E-state index contributed by atoms with van der Waals surface area (Å²) in [6, 6.07) is 16.0. The van der Waals surface area contributed by atoms with Crippen molar-refractivity contribution < 1.29 is 9.84 Å². The maximum atomic E-state index is 9.24. The van der Waals surface area contributed by atoms with Crippen molar-refractivity contribution >= 4 is 17.6 Å². The third-order valence-corrected chi connectivity index (χ3v) is 5.21. The van der Waals surface area contributed by atoms with Crippen LogP contribution in [0, 0.1) is 0 Å². The lowest BCUT2D eigenvalue weighted by atomic mass is 10.0. The first-order valence-electron chi connectivity index (χ1n) is 11.4. The van der Waals surface area contributed by atoms with Crippen LogP contribution in [0.1, 0.15) is 62.1 Å². The zero-order valence-corrected chi connectivity index (χ0v) is 19.5. The molecular weight excluding hydrogens is 396 g/mol. The second kappa shape index (κ2) is 14.0. The molecule has 0 spiro atoms. The molecule has 0 saturated carbocycles. The van der Waals surface area contributed by atoms with E-state index >= 15 is 0 Å². The molecule has 0 amide bonds. The third kappa shape index (κ3) is 8.93. The highest BCUT2D eigenvalue weighted by atomic mass is 16.5. The molecule has 0 aliphatic carbocycles. The third-order valence-electron chi connectivity index (χ3n) is 5.21. The van der Waals surface area contributed by atoms with Crippen LogP contribution in [0.4, 0.5) is 0 Å². The second-order valence-electron chi connectivity index (χ2n) is 7.88. The number of allylic oxidation sites excluding steroid dienone is 2. The summed E-state index contributed by atoms with van der Waals surface area (Å²) >= 11 is 0. The molecule has 0 fully saturated rings. The summed E-state index contributed by atoms with van der Waals surface area (Å²) in [5.74, 6) is 1.73. The number of aliphatic imine (C=N–C) groups is 2. The highest BCUT2D eigenvalue weighted by Gasteiger charge is 2.03. The summed E-state index contributed by atoms with van der Waals surface area (Å²) in [5, 5.41) is 9.24. The fourth-order valence-corrected chi connectivity index (χ4v) is 3.24. The van der Waals surface area contributed by atoms with Gasteiger partial charge >= 0.3 is 0 Å². The minimum absolute atomic E-state index is 0.207. The topological polar surface area (TPSA) is 54.2 Å². The fourth-order valence-electron chi connectivity index (χ4n) is 3.24. The van der Waals surface area contributed by atoms with Crippen molar-refractivity contribution in [2.45, 2.75) is 51.9 Å². The molecule has 4 heteroatoms. The number of hydrogen-bond donors (Lipinski definition) is 1. The van der Waals surface area contributed by atoms with Gasteiger partial charge in [0.1, 0.15) is 5.75 Å². The van der Waals surface area contributed by atoms with Gasteiger partial charge in [-0.15, -0.1) is 0 Å². The molecule has 1 N–H and O–H groups in total. The maximum absolute atomic E-state index is 9.24. The van der Waals surface area contributed by atoms with Gasteiger partial charge in [0.05, 0.1) is 12.4 Å². The van der Waals surface area contributed by atoms with Gasteiger partial charge in [0.15, 0.2) is 5.84 Å². The normalized spacial score (nSPS) is 11.6. The number of amidine groups is 1. The Kier molecular flexibility index (Phi) is 11.0. The van der Waals surface area contributed by atoms with Crippen LogP contribution in [0.2, 0.25) is 0 Å². The first-order valence-corrected chi connectivity index (χ1v) is 11.4. The number of benzene rings is 2. The van der Waals surface area contributed by atoms with E-state index in [1.807, 2.05) is 48.5 Å². The van der Waals surface area contributed by atoms with Crippen LogP contribution in [-0.2, 0) is 6.42 Å². The summed E-state index contributed by atoms with van der Waals surface area (Å²) in [5.41, 5.74) is 3.89. The van der Waals surface area contributed by atoms with E-state index in [0.29, 0.717) is 12.3 Å². The Morgan fingerprint density at radius 3 is 2.22 bits per heavy atom. The molecule has 0 aromatic heterocycles. The number of nitrogens with zero attached hydrogens (tertiary/aromatic N) is 2. The number of unbranched alkanes of at least 4 members (excludes halogenated alkanes) is 4. The molecule has 0 atom stereocenters. The van der Waals surface area contributed by atoms with E-state index in [1.54, 1.807) is 13.3 Å². The standard InChI is InChI=1S/C28H36N2O2/c1-5-6-7-8-9-20-32-27-18-16-26(17-19-27)28(29-4)30-21-22(2)25-14-12-24(13-15-25)11-10-23(3)31/h12-19,21,31H,2-3,5-11,20H2,1,4H3/b29-28-,30-21-. The van der Waals surface area contributed by atoms with Crippen molar-refractivity contribution in [3.63, 3.8) is 0 Å². The van der Waals surface area contributed by atoms with Crippen molar-refractivity contribution in [2.24, 2.45) is 9.98 Å². The van der Waals surface area contributed by atoms with E-state index in [0.717, 1.165) is 47.5 Å². The number of rotatable bonds is 13. The molecule has 2 rings (SSSR count). The van der Waals surface area contributed by atoms with Crippen molar-refractivity contribution in [3.05, 3.63) is 84.1 Å². The summed E-state index contributed by atoms with van der Waals surface area (Å²) in [6.07, 6.45) is 9.23. The van der Waals surface area contributed by atoms with Crippen LogP contribution in [0.15, 0.2) is 77.4 Å². The number of aryl methyl sites for hydroxylation is 1. The van der Waals surface area contributed by atoms with Gasteiger partial charge in [0.2, 0.25) is 0 Å². The lowest BCUT2D eigenvalue weighted by Gasteiger charge is -2.07. The first-order chi connectivity index (χ1) is 15.5. The summed E-state index contributed by atoms with van der Waals surface area (Å²) in [7, 11) is 1.74. The van der Waals surface area contributed by atoms with Gasteiger partial charge in [-0.1, -0.05) is 70.0 Å². The molecule has 0 aliphatic rings. The molecule has 32 heavy (non-hydrogen) atoms. The Labute approximate surface area is 193 Å². The zero-order valence-electron chi connectivity index (χ0n) is 19.5. The Balaban J connectivity index is 1.89. The van der Waals surface area contributed by atoms with Gasteiger partial charge in [-0.3, -0.25) is 4.99 Å². The van der Waals surface area contributed by atoms with E-state index in [1.165, 1.54) is 25.7 Å². The summed E-state index contributed by atoms with van der Waals surface area (Å²) in [4.78, 5) is 8.86. The minimum Gasteiger partial charge on any atom is -0.513 e. The summed E-state index contributed by atoms with van der Waals surface area (Å²) in [6.45, 7) is 10.6.